The van der Waals surface area contributed by atoms with Crippen LogP contribution in [0, 0.1) is 0 Å². The molecule has 0 amide bonds. The van der Waals surface area contributed by atoms with Crippen molar-refractivity contribution >= 4 is 44.9 Å². The van der Waals surface area contributed by atoms with Crippen LogP contribution in [0.1, 0.15) is 74.9 Å². The number of benzene rings is 8. The minimum Gasteiger partial charge on any atom is -0.310 e. The largest absolute Gasteiger partial charge is 0.310 e. The highest BCUT2D eigenvalue weighted by molar-refractivity contribution is 5.95. The molecule has 1 aliphatic carbocycles. The Morgan fingerprint density at radius 2 is 0.895 bits per heavy atom. The average Bonchev–Trinajstić information content (AvgIpc) is 3.46. The number of hydrogen-bond acceptors (Lipinski definition) is 2. The Labute approximate surface area is 336 Å². The summed E-state index contributed by atoms with van der Waals surface area (Å²) in [4.78, 5) is 4.98. The van der Waals surface area contributed by atoms with Crippen LogP contribution in [-0.2, 0) is 16.2 Å². The van der Waals surface area contributed by atoms with Crippen molar-refractivity contribution < 1.29 is 0 Å². The molecule has 0 unspecified atom stereocenters. The van der Waals surface area contributed by atoms with Crippen molar-refractivity contribution in [2.45, 2.75) is 57.8 Å². The summed E-state index contributed by atoms with van der Waals surface area (Å²) in [5.41, 5.74) is 20.3. The first-order chi connectivity index (χ1) is 27.5. The van der Waals surface area contributed by atoms with Gasteiger partial charge in [-0.25, -0.2) is 0 Å². The van der Waals surface area contributed by atoms with Gasteiger partial charge in [-0.2, -0.15) is 0 Å². The number of hydrogen-bond donors (Lipinski definition) is 0. The zero-order chi connectivity index (χ0) is 38.8. The number of rotatable bonds is 4. The van der Waals surface area contributed by atoms with E-state index in [1.165, 1.54) is 83.5 Å². The van der Waals surface area contributed by atoms with Crippen LogP contribution in [0.3, 0.4) is 0 Å². The SMILES string of the molecule is CC1(C)c2ccccc2-c2ccc(-c3ccc(N(c4ccc5c(c4)C(C)(C)c4cccc6c4N5c4ccccc4C6(C)C)c4ccc5ccccc5c4)cc3)cc21. The van der Waals surface area contributed by atoms with E-state index < -0.39 is 0 Å². The maximum absolute atomic E-state index is 2.54. The zero-order valence-corrected chi connectivity index (χ0v) is 33.6. The molecule has 11 rings (SSSR count). The fraction of sp³-hybridized carbons (Fsp3) is 0.164. The molecule has 0 N–H and O–H groups in total. The molecule has 2 nitrogen and oxygen atoms in total. The third-order valence-electron chi connectivity index (χ3n) is 13.6. The summed E-state index contributed by atoms with van der Waals surface area (Å²) < 4.78 is 0. The minimum atomic E-state index is -0.227. The molecule has 2 heteroatoms. The molecule has 0 radical (unpaired) electrons. The molecule has 0 atom stereocenters. The topological polar surface area (TPSA) is 6.48 Å². The van der Waals surface area contributed by atoms with Gasteiger partial charge < -0.3 is 9.80 Å². The standard InChI is InChI=1S/C55H46N2/c1-53(2)44-17-10-9-16-42(44)43-30-25-38(33-48(43)53)36-22-26-39(27-23-36)56(40-28-24-35-14-7-8-15-37(35)32-40)41-29-31-51-49(34-41)55(5,6)47-20-13-19-46-52(47)57(51)50-21-12-11-18-45(50)54(46,3)4/h7-34H,1-6H3. The van der Waals surface area contributed by atoms with E-state index in [4.69, 9.17) is 0 Å². The summed E-state index contributed by atoms with van der Waals surface area (Å²) in [5, 5.41) is 2.47. The van der Waals surface area contributed by atoms with Crippen molar-refractivity contribution in [3.63, 3.8) is 0 Å². The molecule has 276 valence electrons. The predicted molar refractivity (Wildman–Crippen MR) is 241 cm³/mol. The number of fused-ring (bicyclic) bond motifs is 8. The van der Waals surface area contributed by atoms with Crippen LogP contribution in [-0.4, -0.2) is 0 Å². The molecule has 0 fully saturated rings. The Kier molecular flexibility index (Phi) is 7.03. The number of nitrogens with zero attached hydrogens (tertiary/aromatic N) is 2. The lowest BCUT2D eigenvalue weighted by atomic mass is 9.66. The molecular formula is C55H46N2. The van der Waals surface area contributed by atoms with Crippen LogP contribution in [0.4, 0.5) is 34.1 Å². The van der Waals surface area contributed by atoms with Crippen LogP contribution in [0.15, 0.2) is 170 Å². The van der Waals surface area contributed by atoms with E-state index in [0.717, 1.165) is 17.1 Å². The Bertz CT molecular complexity index is 2940. The summed E-state index contributed by atoms with van der Waals surface area (Å²) >= 11 is 0. The number of para-hydroxylation sites is 2. The van der Waals surface area contributed by atoms with Crippen molar-refractivity contribution in [3.05, 3.63) is 203 Å². The molecule has 0 saturated carbocycles. The molecule has 57 heavy (non-hydrogen) atoms. The molecule has 0 saturated heterocycles. The number of anilines is 6. The van der Waals surface area contributed by atoms with Crippen molar-refractivity contribution in [1.29, 1.82) is 0 Å². The molecule has 0 bridgehead atoms. The van der Waals surface area contributed by atoms with Crippen LogP contribution in [0.5, 0.6) is 0 Å². The fourth-order valence-electron chi connectivity index (χ4n) is 10.5. The summed E-state index contributed by atoms with van der Waals surface area (Å²) in [7, 11) is 0. The zero-order valence-electron chi connectivity index (χ0n) is 33.6. The van der Waals surface area contributed by atoms with Gasteiger partial charge in [-0.15, -0.1) is 0 Å². The van der Waals surface area contributed by atoms with E-state index in [0.29, 0.717) is 0 Å². The van der Waals surface area contributed by atoms with Crippen LogP contribution >= 0.6 is 0 Å². The van der Waals surface area contributed by atoms with E-state index in [-0.39, 0.29) is 16.2 Å². The molecule has 2 aliphatic heterocycles. The van der Waals surface area contributed by atoms with Gasteiger partial charge in [0.15, 0.2) is 0 Å². The maximum atomic E-state index is 2.54. The van der Waals surface area contributed by atoms with Gasteiger partial charge in [0.25, 0.3) is 0 Å². The normalized spacial score (nSPS) is 15.9. The van der Waals surface area contributed by atoms with Crippen molar-refractivity contribution in [2.75, 3.05) is 9.80 Å². The summed E-state index contributed by atoms with van der Waals surface area (Å²) in [6.45, 7) is 14.3. The Hall–Kier alpha value is -6.38. The quantitative estimate of drug-likeness (QED) is 0.178. The van der Waals surface area contributed by atoms with Gasteiger partial charge in [0.1, 0.15) is 0 Å². The summed E-state index contributed by atoms with van der Waals surface area (Å²) in [5.74, 6) is 0. The van der Waals surface area contributed by atoms with Gasteiger partial charge in [-0.05, 0) is 121 Å². The lowest BCUT2D eigenvalue weighted by Crippen LogP contribution is -2.38. The predicted octanol–water partition coefficient (Wildman–Crippen LogP) is 15.0. The first kappa shape index (κ1) is 33.9. The van der Waals surface area contributed by atoms with Gasteiger partial charge in [0.05, 0.1) is 17.1 Å². The monoisotopic (exact) mass is 734 g/mol. The molecule has 0 aromatic heterocycles. The Morgan fingerprint density at radius 1 is 0.351 bits per heavy atom. The molecule has 2 heterocycles. The fourth-order valence-corrected chi connectivity index (χ4v) is 10.5. The first-order valence-electron chi connectivity index (χ1n) is 20.4. The lowest BCUT2D eigenvalue weighted by molar-refractivity contribution is 0.597. The van der Waals surface area contributed by atoms with Gasteiger partial charge in [-0.3, -0.25) is 0 Å². The summed E-state index contributed by atoms with van der Waals surface area (Å²) in [6, 6.07) is 63.7. The molecular weight excluding hydrogens is 689 g/mol. The molecule has 3 aliphatic rings. The summed E-state index contributed by atoms with van der Waals surface area (Å²) in [6.07, 6.45) is 0. The smallest absolute Gasteiger partial charge is 0.0543 e. The van der Waals surface area contributed by atoms with Crippen LogP contribution in [0.2, 0.25) is 0 Å². The van der Waals surface area contributed by atoms with Gasteiger partial charge >= 0.3 is 0 Å². The highest BCUT2D eigenvalue weighted by atomic mass is 15.2. The highest BCUT2D eigenvalue weighted by Gasteiger charge is 2.45. The maximum Gasteiger partial charge on any atom is 0.0543 e. The highest BCUT2D eigenvalue weighted by Crippen LogP contribution is 2.60. The van der Waals surface area contributed by atoms with E-state index in [1.807, 2.05) is 0 Å². The second kappa shape index (κ2) is 11.8. The third-order valence-corrected chi connectivity index (χ3v) is 13.6. The van der Waals surface area contributed by atoms with E-state index >= 15 is 0 Å². The minimum absolute atomic E-state index is 0.0381. The Balaban J connectivity index is 1.05. The van der Waals surface area contributed by atoms with Gasteiger partial charge in [0, 0.05) is 33.3 Å². The van der Waals surface area contributed by atoms with Gasteiger partial charge in [0.2, 0.25) is 0 Å². The third kappa shape index (κ3) is 4.77. The lowest BCUT2D eigenvalue weighted by Gasteiger charge is -2.49. The van der Waals surface area contributed by atoms with Crippen molar-refractivity contribution in [1.82, 2.24) is 0 Å². The van der Waals surface area contributed by atoms with E-state index in [2.05, 4.69) is 221 Å². The van der Waals surface area contributed by atoms with E-state index in [9.17, 15) is 0 Å². The first-order valence-corrected chi connectivity index (χ1v) is 20.4. The molecule has 0 spiro atoms. The average molecular weight is 735 g/mol. The second-order valence-corrected chi connectivity index (χ2v) is 17.9. The van der Waals surface area contributed by atoms with E-state index in [1.54, 1.807) is 0 Å². The van der Waals surface area contributed by atoms with Crippen molar-refractivity contribution in [3.8, 4) is 22.3 Å². The van der Waals surface area contributed by atoms with Crippen LogP contribution < -0.4 is 9.80 Å². The van der Waals surface area contributed by atoms with Crippen molar-refractivity contribution in [2.24, 2.45) is 0 Å². The second-order valence-electron chi connectivity index (χ2n) is 17.9. The Morgan fingerprint density at radius 3 is 1.68 bits per heavy atom. The van der Waals surface area contributed by atoms with Gasteiger partial charge in [-0.1, -0.05) is 157 Å². The molecule has 8 aromatic carbocycles. The molecule has 8 aromatic rings. The van der Waals surface area contributed by atoms with Crippen LogP contribution in [0.25, 0.3) is 33.0 Å².